The van der Waals surface area contributed by atoms with Crippen LogP contribution in [-0.2, 0) is 5.72 Å². The molecule has 0 radical (unpaired) electrons. The van der Waals surface area contributed by atoms with Crippen LogP contribution in [0.25, 0.3) is 0 Å². The number of fused-ring (bicyclic) bond motifs is 1. The van der Waals surface area contributed by atoms with Crippen LogP contribution >= 0.6 is 0 Å². The molecule has 2 aliphatic rings. The zero-order valence-electron chi connectivity index (χ0n) is 10.7. The molecule has 1 aliphatic heterocycles. The van der Waals surface area contributed by atoms with Crippen molar-refractivity contribution in [3.8, 4) is 0 Å². The van der Waals surface area contributed by atoms with Crippen molar-refractivity contribution in [3.63, 3.8) is 0 Å². The van der Waals surface area contributed by atoms with Crippen molar-refractivity contribution < 1.29 is 9.90 Å². The third-order valence-electron chi connectivity index (χ3n) is 4.30. The van der Waals surface area contributed by atoms with Crippen LogP contribution in [0.3, 0.4) is 0 Å². The molecule has 18 heavy (non-hydrogen) atoms. The second-order valence-corrected chi connectivity index (χ2v) is 5.53. The van der Waals surface area contributed by atoms with E-state index in [0.717, 1.165) is 31.2 Å². The van der Waals surface area contributed by atoms with Gasteiger partial charge < -0.3 is 10.0 Å². The van der Waals surface area contributed by atoms with E-state index in [1.54, 1.807) is 11.8 Å². The van der Waals surface area contributed by atoms with Crippen LogP contribution < -0.4 is 0 Å². The maximum Gasteiger partial charge on any atom is 0.257 e. The fourth-order valence-corrected chi connectivity index (χ4v) is 3.40. The number of hydrogen-bond acceptors (Lipinski definition) is 2. The molecule has 3 heteroatoms. The van der Waals surface area contributed by atoms with Crippen molar-refractivity contribution in [2.24, 2.45) is 0 Å². The van der Waals surface area contributed by atoms with Gasteiger partial charge in [-0.05, 0) is 25.8 Å². The number of carbonyl (C=O) groups excluding carboxylic acids is 1. The monoisotopic (exact) mass is 245 g/mol. The maximum absolute atomic E-state index is 12.5. The zero-order valence-corrected chi connectivity index (χ0v) is 10.7. The van der Waals surface area contributed by atoms with Crippen LogP contribution in [0, 0.1) is 0 Å². The summed E-state index contributed by atoms with van der Waals surface area (Å²) in [6.07, 6.45) is 5.57. The van der Waals surface area contributed by atoms with E-state index < -0.39 is 5.72 Å². The van der Waals surface area contributed by atoms with Crippen molar-refractivity contribution >= 4 is 5.91 Å². The standard InChI is InChI=1S/C15H19NO2/c1-15(18)13-10-6-5-9-12(13)14(17)16(15)11-7-3-2-4-8-11/h5-6,9-11,18H,2-4,7-8H2,1H3. The Morgan fingerprint density at radius 3 is 2.56 bits per heavy atom. The van der Waals surface area contributed by atoms with Gasteiger partial charge in [-0.25, -0.2) is 0 Å². The van der Waals surface area contributed by atoms with E-state index in [9.17, 15) is 9.90 Å². The Hall–Kier alpha value is -1.35. The largest absolute Gasteiger partial charge is 0.367 e. The van der Waals surface area contributed by atoms with E-state index in [2.05, 4.69) is 0 Å². The van der Waals surface area contributed by atoms with Gasteiger partial charge in [0.25, 0.3) is 5.91 Å². The molecule has 0 aromatic heterocycles. The van der Waals surface area contributed by atoms with Crippen LogP contribution in [0.4, 0.5) is 0 Å². The normalized spacial score (nSPS) is 28.6. The van der Waals surface area contributed by atoms with E-state index >= 15 is 0 Å². The second-order valence-electron chi connectivity index (χ2n) is 5.53. The summed E-state index contributed by atoms with van der Waals surface area (Å²) in [5.74, 6) is -0.0116. The van der Waals surface area contributed by atoms with E-state index in [1.165, 1.54) is 6.42 Å². The minimum Gasteiger partial charge on any atom is -0.367 e. The second kappa shape index (κ2) is 4.09. The Bertz CT molecular complexity index is 475. The molecule has 1 saturated carbocycles. The van der Waals surface area contributed by atoms with E-state index in [0.29, 0.717) is 5.56 Å². The summed E-state index contributed by atoms with van der Waals surface area (Å²) in [6, 6.07) is 7.60. The molecular weight excluding hydrogens is 226 g/mol. The first-order chi connectivity index (χ1) is 8.62. The molecule has 1 amide bonds. The first-order valence-electron chi connectivity index (χ1n) is 6.78. The van der Waals surface area contributed by atoms with Crippen LogP contribution in [0.2, 0.25) is 0 Å². The molecule has 1 aliphatic carbocycles. The molecule has 0 saturated heterocycles. The number of hydrogen-bond donors (Lipinski definition) is 1. The summed E-state index contributed by atoms with van der Waals surface area (Å²) in [7, 11) is 0. The van der Waals surface area contributed by atoms with Gasteiger partial charge in [0.15, 0.2) is 5.72 Å². The molecule has 0 spiro atoms. The fourth-order valence-electron chi connectivity index (χ4n) is 3.40. The molecule has 3 rings (SSSR count). The SMILES string of the molecule is CC1(O)c2ccccc2C(=O)N1C1CCCCC1. The lowest BCUT2D eigenvalue weighted by Crippen LogP contribution is -2.48. The quantitative estimate of drug-likeness (QED) is 0.826. The van der Waals surface area contributed by atoms with Gasteiger partial charge in [-0.15, -0.1) is 0 Å². The molecule has 1 atom stereocenters. The van der Waals surface area contributed by atoms with Crippen molar-refractivity contribution in [2.75, 3.05) is 0 Å². The van der Waals surface area contributed by atoms with Gasteiger partial charge in [0.2, 0.25) is 0 Å². The highest BCUT2D eigenvalue weighted by molar-refractivity contribution is 5.99. The molecule has 1 aromatic rings. The number of aliphatic hydroxyl groups is 1. The highest BCUT2D eigenvalue weighted by Crippen LogP contribution is 2.41. The van der Waals surface area contributed by atoms with Crippen LogP contribution in [0.5, 0.6) is 0 Å². The first-order valence-corrected chi connectivity index (χ1v) is 6.78. The molecular formula is C15H19NO2. The number of benzene rings is 1. The smallest absolute Gasteiger partial charge is 0.257 e. The predicted octanol–water partition coefficient (Wildman–Crippen LogP) is 2.64. The summed E-state index contributed by atoms with van der Waals surface area (Å²) in [4.78, 5) is 14.2. The Labute approximate surface area is 107 Å². The van der Waals surface area contributed by atoms with Crippen molar-refractivity contribution in [2.45, 2.75) is 50.8 Å². The molecule has 0 bridgehead atoms. The minimum absolute atomic E-state index is 0.0116. The lowest BCUT2D eigenvalue weighted by atomic mass is 9.93. The summed E-state index contributed by atoms with van der Waals surface area (Å²) >= 11 is 0. The number of amides is 1. The number of rotatable bonds is 1. The molecule has 1 unspecified atom stereocenters. The van der Waals surface area contributed by atoms with E-state index in [1.807, 2.05) is 24.3 Å². The first kappa shape index (κ1) is 11.7. The Kier molecular flexibility index (Phi) is 2.67. The molecule has 1 aromatic carbocycles. The van der Waals surface area contributed by atoms with Crippen LogP contribution in [-0.4, -0.2) is 22.0 Å². The average Bonchev–Trinajstić information content (AvgIpc) is 2.59. The van der Waals surface area contributed by atoms with Crippen molar-refractivity contribution in [1.29, 1.82) is 0 Å². The summed E-state index contributed by atoms with van der Waals surface area (Å²) in [6.45, 7) is 1.74. The van der Waals surface area contributed by atoms with E-state index in [4.69, 9.17) is 0 Å². The molecule has 1 heterocycles. The third-order valence-corrected chi connectivity index (χ3v) is 4.30. The van der Waals surface area contributed by atoms with Gasteiger partial charge in [-0.2, -0.15) is 0 Å². The van der Waals surface area contributed by atoms with Crippen molar-refractivity contribution in [1.82, 2.24) is 4.90 Å². The molecule has 1 N–H and O–H groups in total. The summed E-state index contributed by atoms with van der Waals surface area (Å²) in [5, 5.41) is 10.7. The number of nitrogens with zero attached hydrogens (tertiary/aromatic N) is 1. The summed E-state index contributed by atoms with van der Waals surface area (Å²) < 4.78 is 0. The predicted molar refractivity (Wildman–Crippen MR) is 69.1 cm³/mol. The van der Waals surface area contributed by atoms with Gasteiger partial charge >= 0.3 is 0 Å². The maximum atomic E-state index is 12.5. The Balaban J connectivity index is 2.00. The van der Waals surface area contributed by atoms with Crippen molar-refractivity contribution in [3.05, 3.63) is 35.4 Å². The molecule has 96 valence electrons. The highest BCUT2D eigenvalue weighted by atomic mass is 16.3. The van der Waals surface area contributed by atoms with Gasteiger partial charge in [0, 0.05) is 17.2 Å². The minimum atomic E-state index is -1.14. The lowest BCUT2D eigenvalue weighted by molar-refractivity contribution is -0.0928. The molecule has 3 nitrogen and oxygen atoms in total. The zero-order chi connectivity index (χ0) is 12.8. The van der Waals surface area contributed by atoms with Gasteiger partial charge in [0.1, 0.15) is 0 Å². The van der Waals surface area contributed by atoms with E-state index in [-0.39, 0.29) is 11.9 Å². The third kappa shape index (κ3) is 1.57. The summed E-state index contributed by atoms with van der Waals surface area (Å²) in [5.41, 5.74) is 0.268. The van der Waals surface area contributed by atoms with Gasteiger partial charge in [-0.1, -0.05) is 37.5 Å². The van der Waals surface area contributed by atoms with Gasteiger partial charge in [-0.3, -0.25) is 4.79 Å². The highest BCUT2D eigenvalue weighted by Gasteiger charge is 2.47. The van der Waals surface area contributed by atoms with Crippen LogP contribution in [0.1, 0.15) is 54.9 Å². The fraction of sp³-hybridized carbons (Fsp3) is 0.533. The number of carbonyl (C=O) groups is 1. The average molecular weight is 245 g/mol. The lowest BCUT2D eigenvalue weighted by Gasteiger charge is -2.39. The Morgan fingerprint density at radius 1 is 1.22 bits per heavy atom. The molecule has 1 fully saturated rings. The van der Waals surface area contributed by atoms with Crippen LogP contribution in [0.15, 0.2) is 24.3 Å². The Morgan fingerprint density at radius 2 is 1.89 bits per heavy atom. The topological polar surface area (TPSA) is 40.5 Å². The van der Waals surface area contributed by atoms with Gasteiger partial charge in [0.05, 0.1) is 0 Å².